The molecule has 0 saturated carbocycles. The van der Waals surface area contributed by atoms with Gasteiger partial charge in [-0.1, -0.05) is 84.9 Å². The molecular formula is C22H20N2O. The van der Waals surface area contributed by atoms with Crippen molar-refractivity contribution in [2.45, 2.75) is 0 Å². The number of nitrogens with one attached hydrogen (secondary N) is 2. The third kappa shape index (κ3) is 4.66. The molecule has 0 spiro atoms. The number of carbonyl (C=O) groups excluding carboxylic acids is 1. The molecule has 3 nitrogen and oxygen atoms in total. The van der Waals surface area contributed by atoms with Gasteiger partial charge in [0.1, 0.15) is 0 Å². The Morgan fingerprint density at radius 3 is 1.60 bits per heavy atom. The van der Waals surface area contributed by atoms with Crippen LogP contribution in [0.2, 0.25) is 0 Å². The van der Waals surface area contributed by atoms with Crippen LogP contribution in [0, 0.1) is 0 Å². The minimum atomic E-state index is -0.144. The molecule has 0 aromatic heterocycles. The average molecular weight is 328 g/mol. The summed E-state index contributed by atoms with van der Waals surface area (Å²) in [5.74, 6) is -0.144. The lowest BCUT2D eigenvalue weighted by Gasteiger charge is -2.10. The summed E-state index contributed by atoms with van der Waals surface area (Å²) in [7, 11) is 0. The van der Waals surface area contributed by atoms with E-state index in [0.29, 0.717) is 12.1 Å². The first-order valence-electron chi connectivity index (χ1n) is 8.24. The van der Waals surface area contributed by atoms with E-state index in [1.807, 2.05) is 54.6 Å². The molecule has 3 heteroatoms. The normalized spacial score (nSPS) is 10.1. The average Bonchev–Trinajstić information content (AvgIpc) is 2.70. The fourth-order valence-electron chi connectivity index (χ4n) is 2.58. The Balaban J connectivity index is 1.69. The molecular weight excluding hydrogens is 308 g/mol. The van der Waals surface area contributed by atoms with E-state index in [1.54, 1.807) is 12.1 Å². The van der Waals surface area contributed by atoms with Gasteiger partial charge in [0.25, 0.3) is 5.91 Å². The van der Waals surface area contributed by atoms with Crippen LogP contribution < -0.4 is 10.9 Å². The van der Waals surface area contributed by atoms with E-state index in [-0.39, 0.29) is 5.91 Å². The molecule has 0 saturated heterocycles. The van der Waals surface area contributed by atoms with Crippen LogP contribution in [0.25, 0.3) is 5.57 Å². The van der Waals surface area contributed by atoms with Crippen molar-refractivity contribution < 1.29 is 4.79 Å². The van der Waals surface area contributed by atoms with E-state index < -0.39 is 0 Å². The third-order valence-electron chi connectivity index (χ3n) is 3.82. The Bertz CT molecular complexity index is 786. The van der Waals surface area contributed by atoms with Crippen molar-refractivity contribution in [3.05, 3.63) is 114 Å². The summed E-state index contributed by atoms with van der Waals surface area (Å²) in [6.45, 7) is 0.525. The van der Waals surface area contributed by atoms with Crippen molar-refractivity contribution in [2.75, 3.05) is 6.54 Å². The number of carbonyl (C=O) groups is 1. The molecule has 3 aromatic rings. The van der Waals surface area contributed by atoms with Crippen molar-refractivity contribution in [3.8, 4) is 0 Å². The summed E-state index contributed by atoms with van der Waals surface area (Å²) >= 11 is 0. The first kappa shape index (κ1) is 16.7. The van der Waals surface area contributed by atoms with Gasteiger partial charge in [-0.05, 0) is 28.8 Å². The van der Waals surface area contributed by atoms with Crippen LogP contribution in [0.3, 0.4) is 0 Å². The maximum absolute atomic E-state index is 12.0. The standard InChI is InChI=1S/C22H20N2O/c25-22(20-14-8-3-9-15-20)24-23-17-16-21(18-10-4-1-5-11-18)19-12-6-2-7-13-19/h1-16,23H,17H2,(H,24,25). The monoisotopic (exact) mass is 328 g/mol. The highest BCUT2D eigenvalue weighted by atomic mass is 16.2. The minimum absolute atomic E-state index is 0.144. The van der Waals surface area contributed by atoms with Crippen molar-refractivity contribution in [1.29, 1.82) is 0 Å². The van der Waals surface area contributed by atoms with Gasteiger partial charge in [0.2, 0.25) is 0 Å². The Labute approximate surface area is 148 Å². The van der Waals surface area contributed by atoms with E-state index >= 15 is 0 Å². The zero-order chi connectivity index (χ0) is 17.3. The highest BCUT2D eigenvalue weighted by Gasteiger charge is 2.05. The van der Waals surface area contributed by atoms with E-state index in [4.69, 9.17) is 0 Å². The van der Waals surface area contributed by atoms with Gasteiger partial charge < -0.3 is 0 Å². The van der Waals surface area contributed by atoms with Crippen LogP contribution in [0.4, 0.5) is 0 Å². The molecule has 25 heavy (non-hydrogen) atoms. The molecule has 1 amide bonds. The number of hydrogen-bond acceptors (Lipinski definition) is 2. The Morgan fingerprint density at radius 2 is 1.12 bits per heavy atom. The number of hydrazine groups is 1. The molecule has 124 valence electrons. The second-order valence-corrected chi connectivity index (χ2v) is 5.55. The largest absolute Gasteiger partial charge is 0.287 e. The summed E-state index contributed by atoms with van der Waals surface area (Å²) in [6, 6.07) is 29.6. The first-order chi connectivity index (χ1) is 12.3. The maximum Gasteiger partial charge on any atom is 0.265 e. The fraction of sp³-hybridized carbons (Fsp3) is 0.0455. The summed E-state index contributed by atoms with van der Waals surface area (Å²) in [5.41, 5.74) is 9.75. The van der Waals surface area contributed by atoms with E-state index in [2.05, 4.69) is 41.2 Å². The van der Waals surface area contributed by atoms with Crippen LogP contribution in [0.5, 0.6) is 0 Å². The fourth-order valence-corrected chi connectivity index (χ4v) is 2.58. The van der Waals surface area contributed by atoms with Gasteiger partial charge >= 0.3 is 0 Å². The van der Waals surface area contributed by atoms with E-state index in [1.165, 1.54) is 0 Å². The van der Waals surface area contributed by atoms with Crippen LogP contribution >= 0.6 is 0 Å². The highest BCUT2D eigenvalue weighted by Crippen LogP contribution is 2.22. The topological polar surface area (TPSA) is 41.1 Å². The molecule has 0 aliphatic carbocycles. The molecule has 0 atom stereocenters. The lowest BCUT2D eigenvalue weighted by atomic mass is 9.98. The molecule has 3 aromatic carbocycles. The van der Waals surface area contributed by atoms with Crippen LogP contribution in [-0.2, 0) is 0 Å². The molecule has 3 rings (SSSR count). The van der Waals surface area contributed by atoms with Gasteiger partial charge in [-0.3, -0.25) is 10.2 Å². The SMILES string of the molecule is O=C(NNCC=C(c1ccccc1)c1ccccc1)c1ccccc1. The van der Waals surface area contributed by atoms with Crippen molar-refractivity contribution >= 4 is 11.5 Å². The highest BCUT2D eigenvalue weighted by molar-refractivity contribution is 5.93. The summed E-state index contributed by atoms with van der Waals surface area (Å²) in [6.07, 6.45) is 2.08. The van der Waals surface area contributed by atoms with Crippen LogP contribution in [0.1, 0.15) is 21.5 Å². The smallest absolute Gasteiger partial charge is 0.265 e. The Kier molecular flexibility index (Phi) is 5.75. The predicted molar refractivity (Wildman–Crippen MR) is 102 cm³/mol. The molecule has 0 aliphatic heterocycles. The minimum Gasteiger partial charge on any atom is -0.287 e. The molecule has 0 fully saturated rings. The third-order valence-corrected chi connectivity index (χ3v) is 3.82. The van der Waals surface area contributed by atoms with Crippen molar-refractivity contribution in [3.63, 3.8) is 0 Å². The number of amides is 1. The summed E-state index contributed by atoms with van der Waals surface area (Å²) in [4.78, 5) is 12.0. The zero-order valence-electron chi connectivity index (χ0n) is 13.9. The molecule has 2 N–H and O–H groups in total. The molecule has 0 aliphatic rings. The number of hydrogen-bond donors (Lipinski definition) is 2. The second-order valence-electron chi connectivity index (χ2n) is 5.55. The van der Waals surface area contributed by atoms with Gasteiger partial charge in [0.15, 0.2) is 0 Å². The Morgan fingerprint density at radius 1 is 0.680 bits per heavy atom. The van der Waals surface area contributed by atoms with Gasteiger partial charge in [-0.2, -0.15) is 0 Å². The van der Waals surface area contributed by atoms with Gasteiger partial charge in [-0.15, -0.1) is 0 Å². The van der Waals surface area contributed by atoms with Crippen molar-refractivity contribution in [2.24, 2.45) is 0 Å². The lowest BCUT2D eigenvalue weighted by molar-refractivity contribution is 0.0935. The predicted octanol–water partition coefficient (Wildman–Crippen LogP) is 4.05. The molecule has 0 heterocycles. The molecule has 0 bridgehead atoms. The number of benzene rings is 3. The first-order valence-corrected chi connectivity index (χ1v) is 8.24. The van der Waals surface area contributed by atoms with Gasteiger partial charge in [0, 0.05) is 12.1 Å². The van der Waals surface area contributed by atoms with Gasteiger partial charge in [0.05, 0.1) is 0 Å². The molecule has 0 radical (unpaired) electrons. The maximum atomic E-state index is 12.0. The van der Waals surface area contributed by atoms with E-state index in [0.717, 1.165) is 16.7 Å². The number of rotatable bonds is 6. The molecule has 0 unspecified atom stereocenters. The second kappa shape index (κ2) is 8.62. The summed E-state index contributed by atoms with van der Waals surface area (Å²) < 4.78 is 0. The van der Waals surface area contributed by atoms with Crippen LogP contribution in [-0.4, -0.2) is 12.5 Å². The summed E-state index contributed by atoms with van der Waals surface area (Å²) in [5, 5.41) is 0. The van der Waals surface area contributed by atoms with E-state index in [9.17, 15) is 4.79 Å². The lowest BCUT2D eigenvalue weighted by Crippen LogP contribution is -2.37. The zero-order valence-corrected chi connectivity index (χ0v) is 13.9. The quantitative estimate of drug-likeness (QED) is 0.529. The van der Waals surface area contributed by atoms with Crippen molar-refractivity contribution in [1.82, 2.24) is 10.9 Å². The van der Waals surface area contributed by atoms with Gasteiger partial charge in [-0.25, -0.2) is 5.43 Å². The Hall–Kier alpha value is -3.17. The van der Waals surface area contributed by atoms with Crippen LogP contribution in [0.15, 0.2) is 97.1 Å².